The van der Waals surface area contributed by atoms with Crippen molar-refractivity contribution in [2.24, 2.45) is 0 Å². The third kappa shape index (κ3) is 5.23. The molecule has 0 aliphatic carbocycles. The molecule has 1 aliphatic rings. The number of carbonyl (C=O) groups is 1. The number of aromatic nitrogens is 2. The van der Waals surface area contributed by atoms with Crippen molar-refractivity contribution in [3.8, 4) is 0 Å². The Morgan fingerprint density at radius 1 is 1.35 bits per heavy atom. The highest BCUT2D eigenvalue weighted by atomic mass is 16.6. The summed E-state index contributed by atoms with van der Waals surface area (Å²) in [5.41, 5.74) is 2.99. The van der Waals surface area contributed by atoms with Gasteiger partial charge in [0.15, 0.2) is 0 Å². The van der Waals surface area contributed by atoms with E-state index in [1.165, 1.54) is 5.56 Å². The molecule has 0 aromatic carbocycles. The Morgan fingerprint density at radius 3 is 2.70 bits per heavy atom. The summed E-state index contributed by atoms with van der Waals surface area (Å²) < 4.78 is 5.47. The van der Waals surface area contributed by atoms with E-state index in [-0.39, 0.29) is 6.09 Å². The van der Waals surface area contributed by atoms with Crippen molar-refractivity contribution < 1.29 is 9.53 Å². The molecule has 2 rings (SSSR count). The number of hydrogen-bond donors (Lipinski definition) is 2. The highest BCUT2D eigenvalue weighted by Gasteiger charge is 2.25. The van der Waals surface area contributed by atoms with Gasteiger partial charge >= 0.3 is 6.09 Å². The maximum Gasteiger partial charge on any atom is 0.410 e. The first-order valence-electron chi connectivity index (χ1n) is 8.48. The first kappa shape index (κ1) is 17.8. The molecule has 1 amide bonds. The summed E-state index contributed by atoms with van der Waals surface area (Å²) in [6, 6.07) is 0.427. The summed E-state index contributed by atoms with van der Waals surface area (Å²) in [7, 11) is 0. The van der Waals surface area contributed by atoms with Gasteiger partial charge in [0.05, 0.1) is 5.69 Å². The average Bonchev–Trinajstić information content (AvgIpc) is 2.65. The Kier molecular flexibility index (Phi) is 5.68. The Balaban J connectivity index is 1.83. The van der Waals surface area contributed by atoms with Gasteiger partial charge in [-0.1, -0.05) is 0 Å². The Hall–Kier alpha value is -1.56. The van der Waals surface area contributed by atoms with Crippen LogP contribution in [-0.2, 0) is 11.3 Å². The molecule has 0 bridgehead atoms. The second-order valence-electron chi connectivity index (χ2n) is 7.39. The van der Waals surface area contributed by atoms with E-state index in [1.54, 1.807) is 0 Å². The molecule has 130 valence electrons. The summed E-state index contributed by atoms with van der Waals surface area (Å²) in [5, 5.41) is 10.9. The standard InChI is InChI=1S/C17H30N4O2/c1-12-15(13(2)20-19-12)11-18-14-7-6-9-21(10-8-14)16(22)23-17(3,4)5/h14,18H,6-11H2,1-5H3,(H,19,20)/t14-/m0/s1. The SMILES string of the molecule is Cc1n[nH]c(C)c1CN[C@H]1CCCN(C(=O)OC(C)(C)C)CC1. The van der Waals surface area contributed by atoms with Gasteiger partial charge in [-0.2, -0.15) is 5.10 Å². The van der Waals surface area contributed by atoms with Gasteiger partial charge in [0.2, 0.25) is 0 Å². The number of likely N-dealkylation sites (tertiary alicyclic amines) is 1. The second kappa shape index (κ2) is 7.34. The average molecular weight is 322 g/mol. The van der Waals surface area contributed by atoms with E-state index in [4.69, 9.17) is 4.74 Å². The lowest BCUT2D eigenvalue weighted by Gasteiger charge is -2.26. The van der Waals surface area contributed by atoms with Gasteiger partial charge in [0.1, 0.15) is 5.60 Å². The zero-order valence-electron chi connectivity index (χ0n) is 15.0. The van der Waals surface area contributed by atoms with Crippen molar-refractivity contribution >= 4 is 6.09 Å². The number of nitrogens with one attached hydrogen (secondary N) is 2. The van der Waals surface area contributed by atoms with Crippen molar-refractivity contribution in [2.75, 3.05) is 13.1 Å². The van der Waals surface area contributed by atoms with E-state index >= 15 is 0 Å². The fourth-order valence-corrected chi connectivity index (χ4v) is 2.89. The van der Waals surface area contributed by atoms with Crippen LogP contribution in [0.5, 0.6) is 0 Å². The molecule has 23 heavy (non-hydrogen) atoms. The number of amides is 1. The number of carbonyl (C=O) groups excluding carboxylic acids is 1. The minimum absolute atomic E-state index is 0.195. The van der Waals surface area contributed by atoms with Crippen LogP contribution in [0.1, 0.15) is 57.0 Å². The van der Waals surface area contributed by atoms with Gasteiger partial charge in [0, 0.05) is 36.9 Å². The van der Waals surface area contributed by atoms with Crippen LogP contribution in [-0.4, -0.2) is 45.9 Å². The van der Waals surface area contributed by atoms with Gasteiger partial charge in [-0.25, -0.2) is 4.79 Å². The molecule has 1 aromatic rings. The minimum atomic E-state index is -0.433. The smallest absolute Gasteiger partial charge is 0.410 e. The Bertz CT molecular complexity index is 514. The highest BCUT2D eigenvalue weighted by Crippen LogP contribution is 2.16. The first-order chi connectivity index (χ1) is 10.8. The molecule has 1 aromatic heterocycles. The van der Waals surface area contributed by atoms with E-state index in [1.807, 2.05) is 39.5 Å². The second-order valence-corrected chi connectivity index (χ2v) is 7.39. The lowest BCUT2D eigenvalue weighted by molar-refractivity contribution is 0.0256. The van der Waals surface area contributed by atoms with E-state index in [2.05, 4.69) is 15.5 Å². The molecule has 1 saturated heterocycles. The van der Waals surface area contributed by atoms with Gasteiger partial charge in [-0.15, -0.1) is 0 Å². The van der Waals surface area contributed by atoms with Crippen molar-refractivity contribution in [2.45, 2.75) is 72.1 Å². The van der Waals surface area contributed by atoms with Crippen molar-refractivity contribution in [3.05, 3.63) is 17.0 Å². The van der Waals surface area contributed by atoms with Crippen LogP contribution in [0.15, 0.2) is 0 Å². The molecule has 0 unspecified atom stereocenters. The minimum Gasteiger partial charge on any atom is -0.444 e. The number of aryl methyl sites for hydroxylation is 2. The number of nitrogens with zero attached hydrogens (tertiary/aromatic N) is 2. The predicted molar refractivity (Wildman–Crippen MR) is 90.3 cm³/mol. The number of rotatable bonds is 3. The third-order valence-electron chi connectivity index (χ3n) is 4.23. The van der Waals surface area contributed by atoms with Crippen LogP contribution in [0.2, 0.25) is 0 Å². The molecular weight excluding hydrogens is 292 g/mol. The van der Waals surface area contributed by atoms with Crippen LogP contribution in [0.4, 0.5) is 4.79 Å². The number of ether oxygens (including phenoxy) is 1. The van der Waals surface area contributed by atoms with Crippen LogP contribution in [0.25, 0.3) is 0 Å². The molecule has 2 N–H and O–H groups in total. The first-order valence-corrected chi connectivity index (χ1v) is 8.48. The topological polar surface area (TPSA) is 70.2 Å². The third-order valence-corrected chi connectivity index (χ3v) is 4.23. The van der Waals surface area contributed by atoms with Crippen molar-refractivity contribution in [1.82, 2.24) is 20.4 Å². The van der Waals surface area contributed by atoms with E-state index < -0.39 is 5.60 Å². The fraction of sp³-hybridized carbons (Fsp3) is 0.765. The molecule has 1 fully saturated rings. The zero-order chi connectivity index (χ0) is 17.0. The lowest BCUT2D eigenvalue weighted by atomic mass is 10.1. The van der Waals surface area contributed by atoms with E-state index in [9.17, 15) is 4.79 Å². The summed E-state index contributed by atoms with van der Waals surface area (Å²) in [6.45, 7) is 12.1. The summed E-state index contributed by atoms with van der Waals surface area (Å²) in [4.78, 5) is 14.0. The molecule has 0 radical (unpaired) electrons. The Labute approximate surface area is 139 Å². The van der Waals surface area contributed by atoms with Crippen LogP contribution in [0, 0.1) is 13.8 Å². The lowest BCUT2D eigenvalue weighted by Crippen LogP contribution is -2.38. The number of aromatic amines is 1. The molecule has 1 aliphatic heterocycles. The van der Waals surface area contributed by atoms with Crippen LogP contribution >= 0.6 is 0 Å². The molecular formula is C17H30N4O2. The van der Waals surface area contributed by atoms with Gasteiger partial charge in [0.25, 0.3) is 0 Å². The largest absolute Gasteiger partial charge is 0.444 e. The number of H-pyrrole nitrogens is 1. The molecule has 0 spiro atoms. The maximum atomic E-state index is 12.2. The maximum absolute atomic E-state index is 12.2. The highest BCUT2D eigenvalue weighted by molar-refractivity contribution is 5.68. The van der Waals surface area contributed by atoms with E-state index in [0.717, 1.165) is 50.3 Å². The zero-order valence-corrected chi connectivity index (χ0v) is 15.0. The van der Waals surface area contributed by atoms with Crippen LogP contribution < -0.4 is 5.32 Å². The van der Waals surface area contributed by atoms with Gasteiger partial charge < -0.3 is 15.0 Å². The van der Waals surface area contributed by atoms with Crippen LogP contribution in [0.3, 0.4) is 0 Å². The summed E-state index contributed by atoms with van der Waals surface area (Å²) >= 11 is 0. The molecule has 6 nitrogen and oxygen atoms in total. The molecule has 1 atom stereocenters. The normalized spacial score (nSPS) is 19.5. The molecule has 6 heteroatoms. The summed E-state index contributed by atoms with van der Waals surface area (Å²) in [6.07, 6.45) is 2.84. The summed E-state index contributed by atoms with van der Waals surface area (Å²) in [5.74, 6) is 0. The monoisotopic (exact) mass is 322 g/mol. The van der Waals surface area contributed by atoms with Gasteiger partial charge in [-0.05, 0) is 53.9 Å². The van der Waals surface area contributed by atoms with Crippen molar-refractivity contribution in [1.29, 1.82) is 0 Å². The quantitative estimate of drug-likeness (QED) is 0.897. The molecule has 2 heterocycles. The fourth-order valence-electron chi connectivity index (χ4n) is 2.89. The molecule has 0 saturated carbocycles. The Morgan fingerprint density at radius 2 is 2.09 bits per heavy atom. The van der Waals surface area contributed by atoms with E-state index in [0.29, 0.717) is 6.04 Å². The predicted octanol–water partition coefficient (Wildman–Crippen LogP) is 2.91. The number of hydrogen-bond acceptors (Lipinski definition) is 4. The van der Waals surface area contributed by atoms with Crippen molar-refractivity contribution in [3.63, 3.8) is 0 Å². The van der Waals surface area contributed by atoms with Gasteiger partial charge in [-0.3, -0.25) is 5.10 Å².